The first-order chi connectivity index (χ1) is 13.0. The van der Waals surface area contributed by atoms with Gasteiger partial charge in [0.05, 0.1) is 23.3 Å². The van der Waals surface area contributed by atoms with Crippen molar-refractivity contribution in [1.82, 2.24) is 9.55 Å². The zero-order chi connectivity index (χ0) is 19.0. The number of nitrogens with zero attached hydrogens (tertiary/aromatic N) is 3. The lowest BCUT2D eigenvalue weighted by atomic mass is 10.1. The number of para-hydroxylation sites is 2. The van der Waals surface area contributed by atoms with Crippen molar-refractivity contribution in [3.05, 3.63) is 54.4 Å². The van der Waals surface area contributed by atoms with Gasteiger partial charge in [-0.25, -0.2) is 4.98 Å². The molecule has 0 bridgehead atoms. The maximum atomic E-state index is 12.6. The largest absolute Gasteiger partial charge is 0.330 e. The third-order valence-electron chi connectivity index (χ3n) is 5.07. The number of carbonyl (C=O) groups is 2. The van der Waals surface area contributed by atoms with Gasteiger partial charge in [0.1, 0.15) is 0 Å². The Balaban J connectivity index is 1.45. The lowest BCUT2D eigenvalue weighted by molar-refractivity contribution is -0.119. The van der Waals surface area contributed by atoms with E-state index in [0.717, 1.165) is 34.4 Å². The molecule has 1 aliphatic rings. The van der Waals surface area contributed by atoms with Gasteiger partial charge in [-0.1, -0.05) is 19.1 Å². The Kier molecular flexibility index (Phi) is 4.39. The van der Waals surface area contributed by atoms with E-state index in [9.17, 15) is 9.59 Å². The standard InChI is InChI=1S/C21H22N4O2/c1-14(12-24-13-22-18-5-3-4-6-20(18)24)21(27)23-17-7-8-19-16(11-17)9-10-25(19)15(2)26/h3-8,11,13-14H,9-10,12H2,1-2H3,(H,23,27). The Morgan fingerprint density at radius 3 is 2.85 bits per heavy atom. The predicted molar refractivity (Wildman–Crippen MR) is 106 cm³/mol. The monoisotopic (exact) mass is 362 g/mol. The molecule has 27 heavy (non-hydrogen) atoms. The minimum atomic E-state index is -0.204. The van der Waals surface area contributed by atoms with Crippen LogP contribution in [0.1, 0.15) is 19.4 Å². The van der Waals surface area contributed by atoms with Gasteiger partial charge in [-0.3, -0.25) is 9.59 Å². The molecule has 6 heteroatoms. The minimum Gasteiger partial charge on any atom is -0.330 e. The van der Waals surface area contributed by atoms with E-state index in [4.69, 9.17) is 0 Å². The highest BCUT2D eigenvalue weighted by Gasteiger charge is 2.23. The number of benzene rings is 2. The predicted octanol–water partition coefficient (Wildman–Crippen LogP) is 3.22. The molecule has 1 N–H and O–H groups in total. The maximum absolute atomic E-state index is 12.6. The van der Waals surface area contributed by atoms with Crippen molar-refractivity contribution in [3.63, 3.8) is 0 Å². The molecule has 1 unspecified atom stereocenters. The van der Waals surface area contributed by atoms with E-state index in [-0.39, 0.29) is 17.7 Å². The lowest BCUT2D eigenvalue weighted by Crippen LogP contribution is -2.25. The molecule has 0 aliphatic carbocycles. The summed E-state index contributed by atoms with van der Waals surface area (Å²) in [4.78, 5) is 30.4. The first kappa shape index (κ1) is 17.3. The van der Waals surface area contributed by atoms with Crippen LogP contribution in [0.15, 0.2) is 48.8 Å². The molecule has 0 fully saturated rings. The third-order valence-corrected chi connectivity index (χ3v) is 5.07. The smallest absolute Gasteiger partial charge is 0.229 e. The first-order valence-corrected chi connectivity index (χ1v) is 9.14. The van der Waals surface area contributed by atoms with Crippen LogP contribution in [0.25, 0.3) is 11.0 Å². The zero-order valence-electron chi connectivity index (χ0n) is 15.5. The van der Waals surface area contributed by atoms with Gasteiger partial charge < -0.3 is 14.8 Å². The number of imidazole rings is 1. The van der Waals surface area contributed by atoms with E-state index in [0.29, 0.717) is 13.1 Å². The SMILES string of the molecule is CC(=O)N1CCc2cc(NC(=O)C(C)Cn3cnc4ccccc43)ccc21. The number of carbonyl (C=O) groups excluding carboxylic acids is 2. The van der Waals surface area contributed by atoms with Gasteiger partial charge in [0.25, 0.3) is 0 Å². The number of hydrogen-bond acceptors (Lipinski definition) is 3. The summed E-state index contributed by atoms with van der Waals surface area (Å²) >= 11 is 0. The van der Waals surface area contributed by atoms with Crippen molar-refractivity contribution in [2.75, 3.05) is 16.8 Å². The summed E-state index contributed by atoms with van der Waals surface area (Å²) in [5, 5.41) is 3.00. The van der Waals surface area contributed by atoms with Crippen molar-refractivity contribution >= 4 is 34.2 Å². The molecule has 4 rings (SSSR count). The second-order valence-electron chi connectivity index (χ2n) is 7.04. The Morgan fingerprint density at radius 1 is 1.22 bits per heavy atom. The number of hydrogen-bond donors (Lipinski definition) is 1. The van der Waals surface area contributed by atoms with E-state index in [1.807, 2.05) is 54.0 Å². The van der Waals surface area contributed by atoms with E-state index < -0.39 is 0 Å². The van der Waals surface area contributed by atoms with Crippen LogP contribution < -0.4 is 10.2 Å². The van der Waals surface area contributed by atoms with Crippen LogP contribution in [-0.2, 0) is 22.6 Å². The van der Waals surface area contributed by atoms with Crippen LogP contribution in [0.5, 0.6) is 0 Å². The zero-order valence-corrected chi connectivity index (χ0v) is 15.5. The quantitative estimate of drug-likeness (QED) is 0.775. The van der Waals surface area contributed by atoms with Crippen molar-refractivity contribution in [3.8, 4) is 0 Å². The highest BCUT2D eigenvalue weighted by atomic mass is 16.2. The fraction of sp³-hybridized carbons (Fsp3) is 0.286. The molecular formula is C21H22N4O2. The maximum Gasteiger partial charge on any atom is 0.229 e. The Labute approximate surface area is 157 Å². The summed E-state index contributed by atoms with van der Waals surface area (Å²) in [5.74, 6) is -0.189. The summed E-state index contributed by atoms with van der Waals surface area (Å²) in [6, 6.07) is 13.6. The second-order valence-corrected chi connectivity index (χ2v) is 7.04. The number of amides is 2. The molecule has 2 amide bonds. The normalized spacial score (nSPS) is 14.2. The molecule has 0 saturated carbocycles. The molecule has 2 aromatic carbocycles. The molecule has 1 atom stereocenters. The van der Waals surface area contributed by atoms with Gasteiger partial charge in [0.15, 0.2) is 0 Å². The third kappa shape index (κ3) is 3.30. The highest BCUT2D eigenvalue weighted by Crippen LogP contribution is 2.30. The lowest BCUT2D eigenvalue weighted by Gasteiger charge is -2.16. The molecule has 0 radical (unpaired) electrons. The summed E-state index contributed by atoms with van der Waals surface area (Å²) < 4.78 is 2.01. The van der Waals surface area contributed by atoms with Crippen LogP contribution >= 0.6 is 0 Å². The van der Waals surface area contributed by atoms with Gasteiger partial charge in [-0.2, -0.15) is 0 Å². The molecular weight excluding hydrogens is 340 g/mol. The average Bonchev–Trinajstić information content (AvgIpc) is 3.26. The number of nitrogens with one attached hydrogen (secondary N) is 1. The van der Waals surface area contributed by atoms with Crippen molar-refractivity contribution < 1.29 is 9.59 Å². The van der Waals surface area contributed by atoms with E-state index >= 15 is 0 Å². The van der Waals surface area contributed by atoms with Gasteiger partial charge in [0, 0.05) is 31.4 Å². The fourth-order valence-electron chi connectivity index (χ4n) is 3.61. The number of anilines is 2. The average molecular weight is 362 g/mol. The summed E-state index contributed by atoms with van der Waals surface area (Å²) in [7, 11) is 0. The molecule has 6 nitrogen and oxygen atoms in total. The summed E-state index contributed by atoms with van der Waals surface area (Å²) in [6.07, 6.45) is 2.59. The minimum absolute atomic E-state index is 0.0332. The topological polar surface area (TPSA) is 67.2 Å². The Bertz CT molecular complexity index is 1020. The number of rotatable bonds is 4. The van der Waals surface area contributed by atoms with Crippen LogP contribution in [0.2, 0.25) is 0 Å². The highest BCUT2D eigenvalue weighted by molar-refractivity contribution is 5.96. The van der Waals surface area contributed by atoms with E-state index in [1.165, 1.54) is 0 Å². The Morgan fingerprint density at radius 2 is 2.04 bits per heavy atom. The molecule has 2 heterocycles. The van der Waals surface area contributed by atoms with Crippen LogP contribution in [0, 0.1) is 5.92 Å². The summed E-state index contributed by atoms with van der Waals surface area (Å²) in [6.45, 7) is 4.75. The van der Waals surface area contributed by atoms with E-state index in [2.05, 4.69) is 10.3 Å². The van der Waals surface area contributed by atoms with Crippen molar-refractivity contribution in [2.24, 2.45) is 5.92 Å². The van der Waals surface area contributed by atoms with E-state index in [1.54, 1.807) is 18.2 Å². The molecule has 3 aromatic rings. The fourth-order valence-corrected chi connectivity index (χ4v) is 3.61. The van der Waals surface area contributed by atoms with Crippen molar-refractivity contribution in [1.29, 1.82) is 0 Å². The number of aromatic nitrogens is 2. The second kappa shape index (κ2) is 6.87. The van der Waals surface area contributed by atoms with Crippen LogP contribution in [-0.4, -0.2) is 27.9 Å². The van der Waals surface area contributed by atoms with Gasteiger partial charge in [0.2, 0.25) is 11.8 Å². The molecule has 1 aliphatic heterocycles. The molecule has 1 aromatic heterocycles. The molecule has 0 spiro atoms. The van der Waals surface area contributed by atoms with Gasteiger partial charge in [-0.15, -0.1) is 0 Å². The van der Waals surface area contributed by atoms with Crippen molar-refractivity contribution in [2.45, 2.75) is 26.8 Å². The summed E-state index contributed by atoms with van der Waals surface area (Å²) in [5.41, 5.74) is 4.76. The molecule has 0 saturated heterocycles. The van der Waals surface area contributed by atoms with Crippen LogP contribution in [0.3, 0.4) is 0 Å². The number of fused-ring (bicyclic) bond motifs is 2. The molecule has 138 valence electrons. The van der Waals surface area contributed by atoms with Gasteiger partial charge >= 0.3 is 0 Å². The van der Waals surface area contributed by atoms with Gasteiger partial charge in [-0.05, 0) is 42.3 Å². The first-order valence-electron chi connectivity index (χ1n) is 9.14. The van der Waals surface area contributed by atoms with Crippen LogP contribution in [0.4, 0.5) is 11.4 Å². The Hall–Kier alpha value is -3.15.